The van der Waals surface area contributed by atoms with Gasteiger partial charge in [-0.3, -0.25) is 4.79 Å². The standard InChI is InChI=1S/C12H13F2NO4S/c13-12(14)20(17,18)10-3-1-9(2-4-10)11(16)15-5-7-19-8-6-15/h1-4,12H,5-8H2. The minimum absolute atomic E-state index is 0.264. The number of ether oxygens (including phenoxy) is 1. The van der Waals surface area contributed by atoms with Gasteiger partial charge in [0.05, 0.1) is 18.1 Å². The molecule has 1 aliphatic heterocycles. The fraction of sp³-hybridized carbons (Fsp3) is 0.417. The molecule has 0 atom stereocenters. The summed E-state index contributed by atoms with van der Waals surface area (Å²) < 4.78 is 52.4. The van der Waals surface area contributed by atoms with Crippen LogP contribution in [0.15, 0.2) is 29.2 Å². The Kier molecular flexibility index (Phi) is 4.34. The van der Waals surface area contributed by atoms with E-state index in [1.165, 1.54) is 12.1 Å². The Morgan fingerprint density at radius 2 is 1.70 bits per heavy atom. The third-order valence-corrected chi connectivity index (χ3v) is 4.36. The Labute approximate surface area is 115 Å². The van der Waals surface area contributed by atoms with Crippen molar-refractivity contribution in [2.45, 2.75) is 10.7 Å². The predicted molar refractivity (Wildman–Crippen MR) is 66.4 cm³/mol. The first-order valence-corrected chi connectivity index (χ1v) is 7.46. The quantitative estimate of drug-likeness (QED) is 0.840. The van der Waals surface area contributed by atoms with E-state index in [2.05, 4.69) is 0 Å². The maximum atomic E-state index is 12.4. The lowest BCUT2D eigenvalue weighted by Gasteiger charge is -2.26. The first-order chi connectivity index (χ1) is 9.43. The zero-order valence-corrected chi connectivity index (χ0v) is 11.3. The number of morpholine rings is 1. The van der Waals surface area contributed by atoms with Crippen molar-refractivity contribution in [3.05, 3.63) is 29.8 Å². The molecule has 0 aliphatic carbocycles. The zero-order chi connectivity index (χ0) is 14.8. The molecule has 1 amide bonds. The van der Waals surface area contributed by atoms with Crippen LogP contribution >= 0.6 is 0 Å². The van der Waals surface area contributed by atoms with E-state index in [9.17, 15) is 22.0 Å². The monoisotopic (exact) mass is 305 g/mol. The molecule has 5 nitrogen and oxygen atoms in total. The summed E-state index contributed by atoms with van der Waals surface area (Å²) in [7, 11) is -4.62. The molecular weight excluding hydrogens is 292 g/mol. The molecule has 0 unspecified atom stereocenters. The van der Waals surface area contributed by atoms with Crippen LogP contribution in [-0.4, -0.2) is 51.3 Å². The molecule has 1 heterocycles. The number of amides is 1. The molecule has 8 heteroatoms. The van der Waals surface area contributed by atoms with Gasteiger partial charge in [-0.15, -0.1) is 0 Å². The second kappa shape index (κ2) is 5.84. The highest BCUT2D eigenvalue weighted by Crippen LogP contribution is 2.19. The van der Waals surface area contributed by atoms with Crippen LogP contribution in [0.4, 0.5) is 8.78 Å². The van der Waals surface area contributed by atoms with Crippen LogP contribution in [-0.2, 0) is 14.6 Å². The zero-order valence-electron chi connectivity index (χ0n) is 10.5. The maximum absolute atomic E-state index is 12.4. The van der Waals surface area contributed by atoms with Gasteiger partial charge in [-0.2, -0.15) is 8.78 Å². The number of benzene rings is 1. The van der Waals surface area contributed by atoms with Crippen molar-refractivity contribution in [3.8, 4) is 0 Å². The van der Waals surface area contributed by atoms with Crippen molar-refractivity contribution in [3.63, 3.8) is 0 Å². The number of carbonyl (C=O) groups is 1. The van der Waals surface area contributed by atoms with E-state index in [-0.39, 0.29) is 11.5 Å². The van der Waals surface area contributed by atoms with Crippen LogP contribution in [0.5, 0.6) is 0 Å². The molecule has 0 N–H and O–H groups in total. The van der Waals surface area contributed by atoms with E-state index in [0.29, 0.717) is 26.3 Å². The molecule has 0 radical (unpaired) electrons. The van der Waals surface area contributed by atoms with Crippen LogP contribution in [0.3, 0.4) is 0 Å². The van der Waals surface area contributed by atoms with Crippen molar-refractivity contribution < 1.29 is 26.7 Å². The number of halogens is 2. The van der Waals surface area contributed by atoms with E-state index in [4.69, 9.17) is 4.74 Å². The molecule has 0 spiro atoms. The molecule has 1 aromatic rings. The van der Waals surface area contributed by atoms with Crippen molar-refractivity contribution in [1.82, 2.24) is 4.90 Å². The summed E-state index contributed by atoms with van der Waals surface area (Å²) in [5.74, 6) is -3.74. The smallest absolute Gasteiger partial charge is 0.341 e. The normalized spacial score (nSPS) is 16.4. The topological polar surface area (TPSA) is 63.7 Å². The highest BCUT2D eigenvalue weighted by Gasteiger charge is 2.27. The van der Waals surface area contributed by atoms with Crippen molar-refractivity contribution in [2.75, 3.05) is 26.3 Å². The first kappa shape index (κ1) is 14.9. The number of hydrogen-bond acceptors (Lipinski definition) is 4. The average Bonchev–Trinajstić information content (AvgIpc) is 2.47. The van der Waals surface area contributed by atoms with Gasteiger partial charge in [-0.1, -0.05) is 0 Å². The highest BCUT2D eigenvalue weighted by molar-refractivity contribution is 7.91. The molecule has 1 saturated heterocycles. The van der Waals surface area contributed by atoms with Gasteiger partial charge in [0, 0.05) is 18.7 Å². The van der Waals surface area contributed by atoms with Gasteiger partial charge in [0.1, 0.15) is 0 Å². The van der Waals surface area contributed by atoms with E-state index in [1.54, 1.807) is 4.90 Å². The number of nitrogens with zero attached hydrogens (tertiary/aromatic N) is 1. The van der Waals surface area contributed by atoms with Crippen LogP contribution < -0.4 is 0 Å². The molecule has 0 bridgehead atoms. The summed E-state index contributed by atoms with van der Waals surface area (Å²) >= 11 is 0. The molecule has 1 aliphatic rings. The van der Waals surface area contributed by atoms with Crippen LogP contribution in [0.2, 0.25) is 0 Å². The molecule has 20 heavy (non-hydrogen) atoms. The summed E-state index contributed by atoms with van der Waals surface area (Å²) in [4.78, 5) is 13.1. The largest absolute Gasteiger partial charge is 0.378 e. The average molecular weight is 305 g/mol. The Morgan fingerprint density at radius 1 is 1.15 bits per heavy atom. The molecule has 1 aromatic carbocycles. The van der Waals surface area contributed by atoms with Crippen LogP contribution in [0.1, 0.15) is 10.4 Å². The van der Waals surface area contributed by atoms with E-state index < -0.39 is 20.5 Å². The van der Waals surface area contributed by atoms with Gasteiger partial charge < -0.3 is 9.64 Å². The molecule has 1 fully saturated rings. The lowest BCUT2D eigenvalue weighted by molar-refractivity contribution is 0.0303. The maximum Gasteiger partial charge on any atom is 0.341 e. The Bertz CT molecular complexity index is 580. The highest BCUT2D eigenvalue weighted by atomic mass is 32.2. The second-order valence-electron chi connectivity index (χ2n) is 4.23. The van der Waals surface area contributed by atoms with Gasteiger partial charge in [0.15, 0.2) is 0 Å². The third kappa shape index (κ3) is 2.96. The SMILES string of the molecule is O=C(c1ccc(S(=O)(=O)C(F)F)cc1)N1CCOCC1. The van der Waals surface area contributed by atoms with E-state index in [1.807, 2.05) is 0 Å². The van der Waals surface area contributed by atoms with Crippen LogP contribution in [0.25, 0.3) is 0 Å². The number of carbonyl (C=O) groups excluding carboxylic acids is 1. The summed E-state index contributed by atoms with van der Waals surface area (Å²) in [5, 5.41) is 0. The van der Waals surface area contributed by atoms with Gasteiger partial charge in [0.25, 0.3) is 5.91 Å². The fourth-order valence-electron chi connectivity index (χ4n) is 1.84. The van der Waals surface area contributed by atoms with Crippen molar-refractivity contribution >= 4 is 15.7 Å². The number of alkyl halides is 2. The molecule has 0 aromatic heterocycles. The van der Waals surface area contributed by atoms with E-state index >= 15 is 0 Å². The Hall–Kier alpha value is -1.54. The summed E-state index contributed by atoms with van der Waals surface area (Å²) in [5.41, 5.74) is 0.264. The lowest BCUT2D eigenvalue weighted by Crippen LogP contribution is -2.40. The van der Waals surface area contributed by atoms with Gasteiger partial charge in [-0.05, 0) is 24.3 Å². The molecule has 110 valence electrons. The third-order valence-electron chi connectivity index (χ3n) is 2.96. The Balaban J connectivity index is 2.18. The second-order valence-corrected chi connectivity index (χ2v) is 6.15. The number of sulfone groups is 1. The minimum Gasteiger partial charge on any atom is -0.378 e. The summed E-state index contributed by atoms with van der Waals surface area (Å²) in [6, 6.07) is 4.53. The number of rotatable bonds is 3. The number of hydrogen-bond donors (Lipinski definition) is 0. The first-order valence-electron chi connectivity index (χ1n) is 5.92. The van der Waals surface area contributed by atoms with Gasteiger partial charge in [0.2, 0.25) is 9.84 Å². The molecule has 2 rings (SSSR count). The van der Waals surface area contributed by atoms with E-state index in [0.717, 1.165) is 12.1 Å². The Morgan fingerprint density at radius 3 is 2.20 bits per heavy atom. The predicted octanol–water partition coefficient (Wildman–Crippen LogP) is 1.16. The van der Waals surface area contributed by atoms with Crippen LogP contribution in [0, 0.1) is 0 Å². The summed E-state index contributed by atoms with van der Waals surface area (Å²) in [6.45, 7) is 1.80. The van der Waals surface area contributed by atoms with Crippen molar-refractivity contribution in [1.29, 1.82) is 0 Å². The summed E-state index contributed by atoms with van der Waals surface area (Å²) in [6.07, 6.45) is 0. The molecule has 0 saturated carbocycles. The minimum atomic E-state index is -4.62. The lowest BCUT2D eigenvalue weighted by atomic mass is 10.2. The molecular formula is C12H13F2NO4S. The fourth-order valence-corrected chi connectivity index (χ4v) is 2.56. The van der Waals surface area contributed by atoms with Crippen molar-refractivity contribution in [2.24, 2.45) is 0 Å². The van der Waals surface area contributed by atoms with Gasteiger partial charge in [-0.25, -0.2) is 8.42 Å². The van der Waals surface area contributed by atoms with Gasteiger partial charge >= 0.3 is 5.76 Å².